The molecular formula is C20H26O4. The molecule has 130 valence electrons. The molecule has 2 aromatic carbocycles. The number of hydrogen-bond acceptors (Lipinski definition) is 4. The van der Waals surface area contributed by atoms with Crippen molar-refractivity contribution >= 4 is 0 Å². The van der Waals surface area contributed by atoms with Gasteiger partial charge in [-0.05, 0) is 63.1 Å². The number of rotatable bonds is 9. The molecule has 2 unspecified atom stereocenters. The normalized spacial score (nSPS) is 13.3. The molecule has 0 fully saturated rings. The third kappa shape index (κ3) is 5.55. The van der Waals surface area contributed by atoms with Crippen molar-refractivity contribution in [2.75, 3.05) is 13.2 Å². The fraction of sp³-hybridized carbons (Fsp3) is 0.400. The summed E-state index contributed by atoms with van der Waals surface area (Å²) in [6.07, 6.45) is -0.491. The van der Waals surface area contributed by atoms with Gasteiger partial charge in [-0.15, -0.1) is 0 Å². The summed E-state index contributed by atoms with van der Waals surface area (Å²) in [6.45, 7) is 8.95. The summed E-state index contributed by atoms with van der Waals surface area (Å²) in [5.74, 6) is 1.59. The SMILES string of the molecule is CCOC(C)Oc1ccc(-c2ccc(OC(C)OCC)cc2)cc1. The van der Waals surface area contributed by atoms with Crippen LogP contribution in [0, 0.1) is 0 Å². The summed E-state index contributed by atoms with van der Waals surface area (Å²) < 4.78 is 22.1. The van der Waals surface area contributed by atoms with Gasteiger partial charge in [0.25, 0.3) is 0 Å². The first-order valence-corrected chi connectivity index (χ1v) is 8.39. The summed E-state index contributed by atoms with van der Waals surface area (Å²) in [5, 5.41) is 0. The van der Waals surface area contributed by atoms with Crippen LogP contribution in [-0.4, -0.2) is 25.8 Å². The Morgan fingerprint density at radius 1 is 0.625 bits per heavy atom. The topological polar surface area (TPSA) is 36.9 Å². The molecule has 2 atom stereocenters. The first kappa shape index (κ1) is 18.3. The van der Waals surface area contributed by atoms with Gasteiger partial charge in [-0.2, -0.15) is 0 Å². The van der Waals surface area contributed by atoms with Gasteiger partial charge in [-0.25, -0.2) is 0 Å². The van der Waals surface area contributed by atoms with E-state index in [1.807, 2.05) is 76.2 Å². The van der Waals surface area contributed by atoms with E-state index in [1.165, 1.54) is 0 Å². The molecule has 0 spiro atoms. The number of hydrogen-bond donors (Lipinski definition) is 0. The fourth-order valence-corrected chi connectivity index (χ4v) is 2.37. The average Bonchev–Trinajstić information content (AvgIpc) is 2.57. The van der Waals surface area contributed by atoms with Gasteiger partial charge >= 0.3 is 0 Å². The summed E-state index contributed by atoms with van der Waals surface area (Å²) in [6, 6.07) is 15.9. The minimum atomic E-state index is -0.246. The molecule has 0 aliphatic rings. The third-order valence-electron chi connectivity index (χ3n) is 3.45. The second kappa shape index (κ2) is 9.30. The van der Waals surface area contributed by atoms with Crippen molar-refractivity contribution in [3.05, 3.63) is 48.5 Å². The van der Waals surface area contributed by atoms with Crippen LogP contribution in [0.5, 0.6) is 11.5 Å². The van der Waals surface area contributed by atoms with Gasteiger partial charge in [0.1, 0.15) is 11.5 Å². The Morgan fingerprint density at radius 2 is 0.958 bits per heavy atom. The van der Waals surface area contributed by atoms with Crippen LogP contribution in [0.2, 0.25) is 0 Å². The first-order chi connectivity index (χ1) is 11.6. The maximum Gasteiger partial charge on any atom is 0.196 e. The standard InChI is InChI=1S/C20H26O4/c1-5-21-15(3)23-19-11-7-17(8-12-19)18-9-13-20(14-10-18)24-16(4)22-6-2/h7-16H,5-6H2,1-4H3. The number of ether oxygens (including phenoxy) is 4. The van der Waals surface area contributed by atoms with Crippen molar-refractivity contribution < 1.29 is 18.9 Å². The third-order valence-corrected chi connectivity index (χ3v) is 3.45. The highest BCUT2D eigenvalue weighted by Gasteiger charge is 2.05. The quantitative estimate of drug-likeness (QED) is 0.614. The summed E-state index contributed by atoms with van der Waals surface area (Å²) in [4.78, 5) is 0. The lowest BCUT2D eigenvalue weighted by atomic mass is 10.1. The van der Waals surface area contributed by atoms with E-state index in [-0.39, 0.29) is 12.6 Å². The largest absolute Gasteiger partial charge is 0.465 e. The van der Waals surface area contributed by atoms with Gasteiger partial charge < -0.3 is 18.9 Å². The molecule has 4 heteroatoms. The summed E-state index contributed by atoms with van der Waals surface area (Å²) in [7, 11) is 0. The lowest BCUT2D eigenvalue weighted by Gasteiger charge is -2.15. The van der Waals surface area contributed by atoms with Crippen molar-refractivity contribution in [3.8, 4) is 22.6 Å². The smallest absolute Gasteiger partial charge is 0.196 e. The average molecular weight is 330 g/mol. The van der Waals surface area contributed by atoms with Gasteiger partial charge in [-0.3, -0.25) is 0 Å². The van der Waals surface area contributed by atoms with E-state index in [4.69, 9.17) is 18.9 Å². The van der Waals surface area contributed by atoms with E-state index >= 15 is 0 Å². The minimum Gasteiger partial charge on any atom is -0.465 e. The van der Waals surface area contributed by atoms with Crippen molar-refractivity contribution in [2.24, 2.45) is 0 Å². The predicted octanol–water partition coefficient (Wildman–Crippen LogP) is 4.88. The monoisotopic (exact) mass is 330 g/mol. The van der Waals surface area contributed by atoms with Crippen molar-refractivity contribution in [3.63, 3.8) is 0 Å². The Labute approximate surface area is 144 Å². The van der Waals surface area contributed by atoms with Crippen LogP contribution in [0.3, 0.4) is 0 Å². The molecule has 0 saturated carbocycles. The van der Waals surface area contributed by atoms with Crippen molar-refractivity contribution in [2.45, 2.75) is 40.3 Å². The fourth-order valence-electron chi connectivity index (χ4n) is 2.37. The molecule has 4 nitrogen and oxygen atoms in total. The molecule has 0 saturated heterocycles. The molecule has 2 rings (SSSR count). The van der Waals surface area contributed by atoms with Crippen LogP contribution in [0.1, 0.15) is 27.7 Å². The van der Waals surface area contributed by atoms with Crippen molar-refractivity contribution in [1.82, 2.24) is 0 Å². The van der Waals surface area contributed by atoms with Gasteiger partial charge in [0.15, 0.2) is 12.6 Å². The molecule has 2 aromatic rings. The molecule has 0 heterocycles. The summed E-state index contributed by atoms with van der Waals surface area (Å²) >= 11 is 0. The Kier molecular flexibility index (Phi) is 7.09. The second-order valence-electron chi connectivity index (χ2n) is 5.33. The molecule has 0 aromatic heterocycles. The van der Waals surface area contributed by atoms with E-state index in [9.17, 15) is 0 Å². The highest BCUT2D eigenvalue weighted by Crippen LogP contribution is 2.25. The molecule has 24 heavy (non-hydrogen) atoms. The zero-order valence-electron chi connectivity index (χ0n) is 14.8. The van der Waals surface area contributed by atoms with Gasteiger partial charge in [0, 0.05) is 13.2 Å². The van der Waals surface area contributed by atoms with Crippen LogP contribution in [-0.2, 0) is 9.47 Å². The maximum absolute atomic E-state index is 5.68. The van der Waals surface area contributed by atoms with E-state index in [0.717, 1.165) is 22.6 Å². The molecule has 0 amide bonds. The van der Waals surface area contributed by atoms with Crippen LogP contribution in [0.25, 0.3) is 11.1 Å². The van der Waals surface area contributed by atoms with Gasteiger partial charge in [0.2, 0.25) is 0 Å². The van der Waals surface area contributed by atoms with E-state index < -0.39 is 0 Å². The Morgan fingerprint density at radius 3 is 1.25 bits per heavy atom. The zero-order valence-corrected chi connectivity index (χ0v) is 14.8. The molecule has 0 aliphatic carbocycles. The predicted molar refractivity (Wildman–Crippen MR) is 95.3 cm³/mol. The zero-order chi connectivity index (χ0) is 17.4. The van der Waals surface area contributed by atoms with Gasteiger partial charge in [0.05, 0.1) is 0 Å². The van der Waals surface area contributed by atoms with E-state index in [0.29, 0.717) is 13.2 Å². The Hall–Kier alpha value is -2.04. The second-order valence-corrected chi connectivity index (χ2v) is 5.33. The van der Waals surface area contributed by atoms with Crippen LogP contribution in [0.15, 0.2) is 48.5 Å². The van der Waals surface area contributed by atoms with Crippen LogP contribution in [0.4, 0.5) is 0 Å². The first-order valence-electron chi connectivity index (χ1n) is 8.39. The lowest BCUT2D eigenvalue weighted by molar-refractivity contribution is -0.0616. The summed E-state index contributed by atoms with van der Waals surface area (Å²) in [5.41, 5.74) is 2.24. The van der Waals surface area contributed by atoms with Crippen LogP contribution < -0.4 is 9.47 Å². The molecule has 0 aliphatic heterocycles. The van der Waals surface area contributed by atoms with E-state index in [2.05, 4.69) is 0 Å². The van der Waals surface area contributed by atoms with Gasteiger partial charge in [-0.1, -0.05) is 24.3 Å². The molecule has 0 bridgehead atoms. The Balaban J connectivity index is 1.98. The maximum atomic E-state index is 5.68. The highest BCUT2D eigenvalue weighted by atomic mass is 16.7. The number of benzene rings is 2. The Bertz CT molecular complexity index is 537. The molecular weight excluding hydrogens is 304 g/mol. The van der Waals surface area contributed by atoms with Crippen LogP contribution >= 0.6 is 0 Å². The minimum absolute atomic E-state index is 0.246. The van der Waals surface area contributed by atoms with Crippen molar-refractivity contribution in [1.29, 1.82) is 0 Å². The van der Waals surface area contributed by atoms with E-state index in [1.54, 1.807) is 0 Å². The molecule has 0 N–H and O–H groups in total. The lowest BCUT2D eigenvalue weighted by Crippen LogP contribution is -2.15. The molecule has 0 radical (unpaired) electrons. The highest BCUT2D eigenvalue weighted by molar-refractivity contribution is 5.64.